The molecule has 1 aromatic heterocycles. The molecule has 2 aliphatic rings. The van der Waals surface area contributed by atoms with Crippen LogP contribution in [-0.2, 0) is 10.4 Å². The number of ketones is 1. The van der Waals surface area contributed by atoms with E-state index >= 15 is 0 Å². The molecule has 2 aromatic rings. The molecule has 1 atom stereocenters. The van der Waals surface area contributed by atoms with Gasteiger partial charge in [0.25, 0.3) is 5.91 Å². The maximum absolute atomic E-state index is 13.2. The van der Waals surface area contributed by atoms with E-state index in [9.17, 15) is 14.7 Å². The SMILES string of the molecule is Cc1ccc(C(=O)CC2(O)C(=O)N(CN3CCCCC3)c3ccccc32)o1. The number of Topliss-reactive ketones (excluding diaryl/α,β-unsaturated/α-hetero) is 1. The van der Waals surface area contributed by atoms with E-state index in [1.54, 1.807) is 36.1 Å². The fraction of sp³-hybridized carbons (Fsp3) is 0.429. The molecule has 1 amide bonds. The Morgan fingerprint density at radius 1 is 1.15 bits per heavy atom. The van der Waals surface area contributed by atoms with Gasteiger partial charge in [-0.3, -0.25) is 19.4 Å². The van der Waals surface area contributed by atoms with Crippen LogP contribution < -0.4 is 4.90 Å². The molecule has 1 aromatic carbocycles. The summed E-state index contributed by atoms with van der Waals surface area (Å²) in [5, 5.41) is 11.3. The smallest absolute Gasteiger partial charge is 0.265 e. The number of hydrogen-bond acceptors (Lipinski definition) is 5. The number of nitrogens with zero attached hydrogens (tertiary/aromatic N) is 2. The van der Waals surface area contributed by atoms with E-state index in [-0.39, 0.29) is 18.0 Å². The molecule has 1 saturated heterocycles. The Hall–Kier alpha value is -2.44. The van der Waals surface area contributed by atoms with Gasteiger partial charge in [0.05, 0.1) is 18.8 Å². The van der Waals surface area contributed by atoms with Gasteiger partial charge in [-0.05, 0) is 51.1 Å². The van der Waals surface area contributed by atoms with Crippen molar-refractivity contribution in [3.05, 3.63) is 53.5 Å². The zero-order valence-corrected chi connectivity index (χ0v) is 15.5. The van der Waals surface area contributed by atoms with Crippen molar-refractivity contribution in [1.82, 2.24) is 4.90 Å². The molecule has 1 N–H and O–H groups in total. The number of fused-ring (bicyclic) bond motifs is 1. The number of likely N-dealkylation sites (tertiary alicyclic amines) is 1. The van der Waals surface area contributed by atoms with Crippen LogP contribution >= 0.6 is 0 Å². The molecular formula is C21H24N2O4. The molecule has 3 heterocycles. The molecule has 0 bridgehead atoms. The number of rotatable bonds is 5. The maximum Gasteiger partial charge on any atom is 0.265 e. The van der Waals surface area contributed by atoms with Crippen molar-refractivity contribution in [2.24, 2.45) is 0 Å². The molecule has 1 unspecified atom stereocenters. The number of amides is 1. The Morgan fingerprint density at radius 3 is 2.59 bits per heavy atom. The third-order valence-corrected chi connectivity index (χ3v) is 5.46. The molecule has 142 valence electrons. The molecule has 0 spiro atoms. The average Bonchev–Trinajstić information content (AvgIpc) is 3.20. The van der Waals surface area contributed by atoms with Gasteiger partial charge < -0.3 is 9.52 Å². The van der Waals surface area contributed by atoms with E-state index in [1.165, 1.54) is 6.42 Å². The number of benzene rings is 1. The number of hydrogen-bond donors (Lipinski definition) is 1. The summed E-state index contributed by atoms with van der Waals surface area (Å²) in [6, 6.07) is 10.5. The van der Waals surface area contributed by atoms with Crippen LogP contribution in [-0.4, -0.2) is 41.5 Å². The summed E-state index contributed by atoms with van der Waals surface area (Å²) in [5.74, 6) is -0.0321. The van der Waals surface area contributed by atoms with Crippen LogP contribution in [0.4, 0.5) is 5.69 Å². The van der Waals surface area contributed by atoms with Gasteiger partial charge in [0, 0.05) is 5.56 Å². The number of aliphatic hydroxyl groups is 1. The lowest BCUT2D eigenvalue weighted by molar-refractivity contribution is -0.136. The highest BCUT2D eigenvalue weighted by Crippen LogP contribution is 2.43. The summed E-state index contributed by atoms with van der Waals surface area (Å²) in [6.45, 7) is 4.07. The standard InChI is InChI=1S/C21H24N2O4/c1-15-9-10-19(27-15)18(24)13-21(26)16-7-3-4-8-17(16)23(20(21)25)14-22-11-5-2-6-12-22/h3-4,7-10,26H,2,5-6,11-14H2,1H3. The minimum absolute atomic E-state index is 0.167. The highest BCUT2D eigenvalue weighted by molar-refractivity contribution is 6.10. The van der Waals surface area contributed by atoms with Crippen LogP contribution in [0.3, 0.4) is 0 Å². The Balaban J connectivity index is 1.62. The first-order chi connectivity index (χ1) is 13.0. The Labute approximate surface area is 158 Å². The summed E-state index contributed by atoms with van der Waals surface area (Å²) in [7, 11) is 0. The number of furan rings is 1. The van der Waals surface area contributed by atoms with Crippen molar-refractivity contribution in [1.29, 1.82) is 0 Å². The zero-order chi connectivity index (χ0) is 19.0. The second-order valence-electron chi connectivity index (χ2n) is 7.44. The quantitative estimate of drug-likeness (QED) is 0.822. The summed E-state index contributed by atoms with van der Waals surface area (Å²) in [6.07, 6.45) is 3.11. The van der Waals surface area contributed by atoms with Gasteiger partial charge in [0.15, 0.2) is 11.4 Å². The fourth-order valence-electron chi connectivity index (χ4n) is 4.02. The van der Waals surface area contributed by atoms with Crippen LogP contribution in [0.5, 0.6) is 0 Å². The van der Waals surface area contributed by atoms with Gasteiger partial charge in [-0.15, -0.1) is 0 Å². The molecule has 2 aliphatic heterocycles. The minimum atomic E-state index is -1.86. The van der Waals surface area contributed by atoms with Crippen LogP contribution in [0.15, 0.2) is 40.8 Å². The Kier molecular flexibility index (Phi) is 4.61. The monoisotopic (exact) mass is 368 g/mol. The molecule has 0 radical (unpaired) electrons. The highest BCUT2D eigenvalue weighted by Gasteiger charge is 2.51. The van der Waals surface area contributed by atoms with Crippen LogP contribution in [0.2, 0.25) is 0 Å². The lowest BCUT2D eigenvalue weighted by Gasteiger charge is -2.31. The van der Waals surface area contributed by atoms with E-state index in [0.29, 0.717) is 23.7 Å². The number of carbonyl (C=O) groups is 2. The summed E-state index contributed by atoms with van der Waals surface area (Å²) < 4.78 is 5.38. The maximum atomic E-state index is 13.2. The van der Waals surface area contributed by atoms with E-state index in [0.717, 1.165) is 25.9 Å². The number of piperidine rings is 1. The summed E-state index contributed by atoms with van der Waals surface area (Å²) >= 11 is 0. The van der Waals surface area contributed by atoms with E-state index < -0.39 is 11.5 Å². The predicted molar refractivity (Wildman–Crippen MR) is 101 cm³/mol. The minimum Gasteiger partial charge on any atom is -0.458 e. The Morgan fingerprint density at radius 2 is 1.89 bits per heavy atom. The second kappa shape index (κ2) is 6.94. The lowest BCUT2D eigenvalue weighted by atomic mass is 9.89. The number of carbonyl (C=O) groups excluding carboxylic acids is 2. The number of anilines is 1. The first kappa shape index (κ1) is 17.9. The molecular weight excluding hydrogens is 344 g/mol. The first-order valence-corrected chi connectivity index (χ1v) is 9.45. The largest absolute Gasteiger partial charge is 0.458 e. The molecule has 0 saturated carbocycles. The van der Waals surface area contributed by atoms with Crippen molar-refractivity contribution >= 4 is 17.4 Å². The second-order valence-corrected chi connectivity index (χ2v) is 7.44. The van der Waals surface area contributed by atoms with Crippen LogP contribution in [0.25, 0.3) is 0 Å². The first-order valence-electron chi connectivity index (χ1n) is 9.45. The van der Waals surface area contributed by atoms with Crippen molar-refractivity contribution in [2.45, 2.75) is 38.2 Å². The topological polar surface area (TPSA) is 74.0 Å². The van der Waals surface area contributed by atoms with Crippen LogP contribution in [0, 0.1) is 6.92 Å². The van der Waals surface area contributed by atoms with Crippen molar-refractivity contribution in [3.63, 3.8) is 0 Å². The van der Waals surface area contributed by atoms with Crippen molar-refractivity contribution in [3.8, 4) is 0 Å². The van der Waals surface area contributed by atoms with Gasteiger partial charge >= 0.3 is 0 Å². The zero-order valence-electron chi connectivity index (χ0n) is 15.5. The van der Waals surface area contributed by atoms with Crippen molar-refractivity contribution < 1.29 is 19.1 Å². The predicted octanol–water partition coefficient (Wildman–Crippen LogP) is 2.84. The van der Waals surface area contributed by atoms with E-state index in [2.05, 4.69) is 4.90 Å². The average molecular weight is 368 g/mol. The highest BCUT2D eigenvalue weighted by atomic mass is 16.3. The third kappa shape index (κ3) is 3.19. The number of para-hydroxylation sites is 1. The van der Waals surface area contributed by atoms with Gasteiger partial charge in [0.1, 0.15) is 5.76 Å². The van der Waals surface area contributed by atoms with E-state index in [4.69, 9.17) is 4.42 Å². The van der Waals surface area contributed by atoms with Gasteiger partial charge in [-0.2, -0.15) is 0 Å². The lowest BCUT2D eigenvalue weighted by Crippen LogP contribution is -2.47. The summed E-state index contributed by atoms with van der Waals surface area (Å²) in [5.41, 5.74) is -0.688. The normalized spacial score (nSPS) is 22.9. The fourth-order valence-corrected chi connectivity index (χ4v) is 4.02. The molecule has 27 heavy (non-hydrogen) atoms. The molecule has 1 fully saturated rings. The Bertz CT molecular complexity index is 869. The van der Waals surface area contributed by atoms with Crippen molar-refractivity contribution in [2.75, 3.05) is 24.7 Å². The summed E-state index contributed by atoms with van der Waals surface area (Å²) in [4.78, 5) is 29.7. The molecule has 0 aliphatic carbocycles. The van der Waals surface area contributed by atoms with Gasteiger partial charge in [0.2, 0.25) is 5.78 Å². The molecule has 6 nitrogen and oxygen atoms in total. The number of aryl methyl sites for hydroxylation is 1. The molecule has 6 heteroatoms. The molecule has 4 rings (SSSR count). The third-order valence-electron chi connectivity index (χ3n) is 5.46. The van der Waals surface area contributed by atoms with Gasteiger partial charge in [-0.25, -0.2) is 0 Å². The van der Waals surface area contributed by atoms with Crippen LogP contribution in [0.1, 0.15) is 47.6 Å². The van der Waals surface area contributed by atoms with E-state index in [1.807, 2.05) is 12.1 Å². The van der Waals surface area contributed by atoms with Gasteiger partial charge in [-0.1, -0.05) is 24.6 Å².